The number of nitrogens with zero attached hydrogens (tertiary/aromatic N) is 1. The number of anilines is 1. The summed E-state index contributed by atoms with van der Waals surface area (Å²) in [6.07, 6.45) is 2.54. The Hall–Kier alpha value is -1.57. The monoisotopic (exact) mass is 419 g/mol. The highest BCUT2D eigenvalue weighted by Gasteiger charge is 2.35. The van der Waals surface area contributed by atoms with Crippen molar-refractivity contribution < 1.29 is 14.3 Å². The number of ether oxygens (including phenoxy) is 2. The molecule has 1 fully saturated rings. The molecule has 1 saturated heterocycles. The Morgan fingerprint density at radius 3 is 2.38 bits per heavy atom. The smallest absolute Gasteiger partial charge is 0.244 e. The number of nitrogens with one attached hydrogen (secondary N) is 1. The van der Waals surface area contributed by atoms with E-state index in [1.54, 1.807) is 36.4 Å². The van der Waals surface area contributed by atoms with Gasteiger partial charge in [-0.1, -0.05) is 11.6 Å². The van der Waals surface area contributed by atoms with Crippen molar-refractivity contribution in [2.24, 2.45) is 5.73 Å². The van der Waals surface area contributed by atoms with Crippen molar-refractivity contribution >= 4 is 48.0 Å². The topological polar surface area (TPSA) is 86.5 Å². The van der Waals surface area contributed by atoms with Gasteiger partial charge < -0.3 is 20.5 Å². The van der Waals surface area contributed by atoms with Gasteiger partial charge in [-0.25, -0.2) is 4.98 Å². The van der Waals surface area contributed by atoms with Gasteiger partial charge in [0.05, 0.1) is 11.9 Å². The number of nitrogens with two attached hydrogens (primary N) is 1. The first-order chi connectivity index (χ1) is 11.5. The van der Waals surface area contributed by atoms with Gasteiger partial charge >= 0.3 is 0 Å². The van der Waals surface area contributed by atoms with E-state index in [1.807, 2.05) is 0 Å². The Labute approximate surface area is 169 Å². The minimum absolute atomic E-state index is 0. The maximum absolute atomic E-state index is 12.3. The van der Waals surface area contributed by atoms with Crippen LogP contribution in [0.4, 0.5) is 5.69 Å². The van der Waals surface area contributed by atoms with Crippen LogP contribution in [0.3, 0.4) is 0 Å². The molecule has 2 aromatic rings. The number of hydrogen-bond acceptors (Lipinski definition) is 5. The second-order valence-electron chi connectivity index (χ2n) is 5.66. The Balaban J connectivity index is 0.00000169. The predicted molar refractivity (Wildman–Crippen MR) is 106 cm³/mol. The lowest BCUT2D eigenvalue weighted by Gasteiger charge is -2.31. The summed E-state index contributed by atoms with van der Waals surface area (Å²) in [5.74, 6) is 0.828. The van der Waals surface area contributed by atoms with Crippen molar-refractivity contribution in [1.82, 2.24) is 4.98 Å². The molecule has 3 N–H and O–H groups in total. The molecule has 0 bridgehead atoms. The molecule has 0 aliphatic carbocycles. The van der Waals surface area contributed by atoms with Gasteiger partial charge in [-0.05, 0) is 43.2 Å². The van der Waals surface area contributed by atoms with Crippen LogP contribution in [0.5, 0.6) is 11.6 Å². The molecule has 6 nitrogen and oxygen atoms in total. The fraction of sp³-hybridized carbons (Fsp3) is 0.294. The van der Waals surface area contributed by atoms with E-state index < -0.39 is 5.54 Å². The van der Waals surface area contributed by atoms with E-state index in [9.17, 15) is 4.79 Å². The molecule has 1 aromatic carbocycles. The molecule has 0 radical (unpaired) electrons. The maximum atomic E-state index is 12.3. The third kappa shape index (κ3) is 5.72. The third-order valence-electron chi connectivity index (χ3n) is 3.87. The zero-order valence-corrected chi connectivity index (χ0v) is 16.2. The van der Waals surface area contributed by atoms with Crippen molar-refractivity contribution in [2.75, 3.05) is 18.5 Å². The van der Waals surface area contributed by atoms with Crippen LogP contribution in [0, 0.1) is 0 Å². The van der Waals surface area contributed by atoms with Crippen LogP contribution in [-0.2, 0) is 9.53 Å². The molecule has 0 unspecified atom stereocenters. The van der Waals surface area contributed by atoms with Gasteiger partial charge in [0.25, 0.3) is 0 Å². The molecule has 1 aliphatic heterocycles. The number of pyridine rings is 1. The van der Waals surface area contributed by atoms with Crippen LogP contribution in [0.2, 0.25) is 5.02 Å². The lowest BCUT2D eigenvalue weighted by atomic mass is 9.90. The first kappa shape index (κ1) is 22.5. The zero-order valence-electron chi connectivity index (χ0n) is 13.8. The van der Waals surface area contributed by atoms with E-state index in [1.165, 1.54) is 6.20 Å². The lowest BCUT2D eigenvalue weighted by molar-refractivity contribution is -0.124. The normalized spacial score (nSPS) is 15.2. The highest BCUT2D eigenvalue weighted by atomic mass is 35.5. The minimum atomic E-state index is -0.892. The van der Waals surface area contributed by atoms with E-state index in [4.69, 9.17) is 26.8 Å². The molecule has 1 aromatic heterocycles. The summed E-state index contributed by atoms with van der Waals surface area (Å²) in [5.41, 5.74) is 5.82. The van der Waals surface area contributed by atoms with Crippen molar-refractivity contribution in [2.45, 2.75) is 18.4 Å². The van der Waals surface area contributed by atoms with Crippen LogP contribution in [0.25, 0.3) is 0 Å². The summed E-state index contributed by atoms with van der Waals surface area (Å²) in [5, 5.41) is 3.43. The van der Waals surface area contributed by atoms with Crippen LogP contribution < -0.4 is 15.8 Å². The quantitative estimate of drug-likeness (QED) is 0.785. The van der Waals surface area contributed by atoms with Gasteiger partial charge in [0.15, 0.2) is 0 Å². The fourth-order valence-corrected chi connectivity index (χ4v) is 2.48. The molecule has 3 rings (SSSR count). The number of benzene rings is 1. The molecular weight excluding hydrogens is 401 g/mol. The van der Waals surface area contributed by atoms with E-state index in [2.05, 4.69) is 10.3 Å². The fourth-order valence-electron chi connectivity index (χ4n) is 2.36. The molecule has 0 atom stereocenters. The van der Waals surface area contributed by atoms with E-state index in [-0.39, 0.29) is 30.7 Å². The summed E-state index contributed by atoms with van der Waals surface area (Å²) in [6, 6.07) is 10.4. The summed E-state index contributed by atoms with van der Waals surface area (Å²) < 4.78 is 10.9. The van der Waals surface area contributed by atoms with E-state index >= 15 is 0 Å². The first-order valence-electron chi connectivity index (χ1n) is 7.63. The Kier molecular flexibility index (Phi) is 8.59. The molecule has 26 heavy (non-hydrogen) atoms. The molecule has 9 heteroatoms. The number of hydrogen-bond donors (Lipinski definition) is 2. The largest absolute Gasteiger partial charge is 0.439 e. The van der Waals surface area contributed by atoms with Gasteiger partial charge in [0.1, 0.15) is 11.3 Å². The minimum Gasteiger partial charge on any atom is -0.439 e. The standard InChI is InChI=1S/C17H18ClN3O3.2ClH/c18-12-1-4-14(5-2-12)24-15-6-3-13(11-20-15)21-16(22)17(19)7-9-23-10-8-17;;/h1-6,11H,7-10,19H2,(H,21,22);2*1H. The van der Waals surface area contributed by atoms with Gasteiger partial charge in [-0.15, -0.1) is 24.8 Å². The number of carbonyl (C=O) groups is 1. The van der Waals surface area contributed by atoms with Gasteiger partial charge in [-0.3, -0.25) is 4.79 Å². The van der Waals surface area contributed by atoms with Crippen molar-refractivity contribution in [3.8, 4) is 11.6 Å². The molecule has 142 valence electrons. The summed E-state index contributed by atoms with van der Waals surface area (Å²) in [6.45, 7) is 0.992. The lowest BCUT2D eigenvalue weighted by Crippen LogP contribution is -2.54. The number of aromatic nitrogens is 1. The summed E-state index contributed by atoms with van der Waals surface area (Å²) in [7, 11) is 0. The second kappa shape index (κ2) is 9.94. The number of rotatable bonds is 4. The van der Waals surface area contributed by atoms with Crippen LogP contribution in [0.1, 0.15) is 12.8 Å². The van der Waals surface area contributed by atoms with Crippen molar-refractivity contribution in [1.29, 1.82) is 0 Å². The number of carbonyl (C=O) groups excluding carboxylic acids is 1. The molecular formula is C17H20Cl3N3O3. The Morgan fingerprint density at radius 1 is 1.15 bits per heavy atom. The maximum Gasteiger partial charge on any atom is 0.244 e. The van der Waals surface area contributed by atoms with Gasteiger partial charge in [0, 0.05) is 24.3 Å². The summed E-state index contributed by atoms with van der Waals surface area (Å²) in [4.78, 5) is 16.5. The average Bonchev–Trinajstić information content (AvgIpc) is 2.59. The van der Waals surface area contributed by atoms with E-state index in [0.717, 1.165) is 0 Å². The third-order valence-corrected chi connectivity index (χ3v) is 4.12. The number of amides is 1. The zero-order chi connectivity index (χ0) is 17.0. The SMILES string of the molecule is Cl.Cl.NC1(C(=O)Nc2ccc(Oc3ccc(Cl)cc3)nc2)CCOCC1. The number of halogens is 3. The highest BCUT2D eigenvalue weighted by molar-refractivity contribution is 6.30. The molecule has 0 saturated carbocycles. The molecule has 0 spiro atoms. The Morgan fingerprint density at radius 2 is 1.81 bits per heavy atom. The van der Waals surface area contributed by atoms with Crippen molar-refractivity contribution in [3.05, 3.63) is 47.6 Å². The van der Waals surface area contributed by atoms with Crippen LogP contribution in [0.15, 0.2) is 42.6 Å². The molecule has 1 aliphatic rings. The van der Waals surface area contributed by atoms with Gasteiger partial charge in [0.2, 0.25) is 11.8 Å². The average molecular weight is 421 g/mol. The van der Waals surface area contributed by atoms with Crippen molar-refractivity contribution in [3.63, 3.8) is 0 Å². The Bertz CT molecular complexity index is 705. The molecule has 1 amide bonds. The van der Waals surface area contributed by atoms with Gasteiger partial charge in [-0.2, -0.15) is 0 Å². The van der Waals surface area contributed by atoms with Crippen LogP contribution >= 0.6 is 36.4 Å². The summed E-state index contributed by atoms with van der Waals surface area (Å²) >= 11 is 5.83. The van der Waals surface area contributed by atoms with E-state index in [0.29, 0.717) is 48.4 Å². The molecule has 2 heterocycles. The predicted octanol–water partition coefficient (Wildman–Crippen LogP) is 3.82. The van der Waals surface area contributed by atoms with Crippen LogP contribution in [-0.4, -0.2) is 29.6 Å². The second-order valence-corrected chi connectivity index (χ2v) is 6.10. The first-order valence-corrected chi connectivity index (χ1v) is 8.00. The highest BCUT2D eigenvalue weighted by Crippen LogP contribution is 2.23.